The lowest BCUT2D eigenvalue weighted by atomic mass is 9.90. The molecule has 0 radical (unpaired) electrons. The van der Waals surface area contributed by atoms with Crippen LogP contribution in [0.2, 0.25) is 0 Å². The fourth-order valence-electron chi connectivity index (χ4n) is 6.96. The van der Waals surface area contributed by atoms with Crippen molar-refractivity contribution in [2.45, 2.75) is 77.9 Å². The number of nitrogens with one attached hydrogen (secondary N) is 4. The molecular weight excluding hydrogens is 650 g/mol. The average Bonchev–Trinajstić information content (AvgIpc) is 3.61. The van der Waals surface area contributed by atoms with E-state index in [1.165, 1.54) is 37.2 Å². The first-order valence-corrected chi connectivity index (χ1v) is 17.7. The number of likely N-dealkylation sites (tertiary alicyclic amines) is 1. The van der Waals surface area contributed by atoms with Crippen molar-refractivity contribution in [1.82, 2.24) is 26.2 Å². The Balaban J connectivity index is 1.07. The number of carboxylic acid groups (broad SMARTS) is 1. The molecule has 4 aromatic rings. The highest BCUT2D eigenvalue weighted by atomic mass is 16.4. The lowest BCUT2D eigenvalue weighted by Gasteiger charge is -2.29. The Hall–Kier alpha value is -5.26. The van der Waals surface area contributed by atoms with Gasteiger partial charge >= 0.3 is 5.97 Å². The minimum absolute atomic E-state index is 0.229. The number of nitrogens with zero attached hydrogens (tertiary/aromatic N) is 1. The van der Waals surface area contributed by atoms with Gasteiger partial charge in [0.15, 0.2) is 0 Å². The molecule has 4 aromatic carbocycles. The Morgan fingerprint density at radius 1 is 0.745 bits per heavy atom. The molecule has 0 spiro atoms. The molecule has 51 heavy (non-hydrogen) atoms. The molecule has 1 heterocycles. The first-order valence-electron chi connectivity index (χ1n) is 17.7. The van der Waals surface area contributed by atoms with E-state index in [4.69, 9.17) is 0 Å². The van der Waals surface area contributed by atoms with Gasteiger partial charge in [-0.1, -0.05) is 82.3 Å². The Kier molecular flexibility index (Phi) is 11.7. The molecule has 1 aliphatic rings. The quantitative estimate of drug-likeness (QED) is 0.118. The molecule has 0 saturated carbocycles. The second-order valence-corrected chi connectivity index (χ2v) is 14.0. The molecule has 0 bridgehead atoms. The van der Waals surface area contributed by atoms with Crippen LogP contribution in [0.25, 0.3) is 32.3 Å². The van der Waals surface area contributed by atoms with E-state index in [1.54, 1.807) is 27.7 Å². The normalized spacial score (nSPS) is 15.7. The van der Waals surface area contributed by atoms with Crippen LogP contribution in [0, 0.1) is 11.8 Å². The number of carboxylic acids is 1. The van der Waals surface area contributed by atoms with Crippen LogP contribution in [-0.2, 0) is 35.2 Å². The number of benzene rings is 4. The van der Waals surface area contributed by atoms with E-state index in [9.17, 15) is 33.9 Å². The molecule has 3 atom stereocenters. The Morgan fingerprint density at radius 3 is 1.98 bits per heavy atom. The molecule has 0 unspecified atom stereocenters. The maximum atomic E-state index is 13.1. The fraction of sp³-hybridized carbons (Fsp3) is 0.436. The van der Waals surface area contributed by atoms with Gasteiger partial charge in [0.2, 0.25) is 29.5 Å². The van der Waals surface area contributed by atoms with E-state index in [0.717, 1.165) is 5.56 Å². The fourth-order valence-corrected chi connectivity index (χ4v) is 6.96. The second-order valence-electron chi connectivity index (χ2n) is 14.0. The summed E-state index contributed by atoms with van der Waals surface area (Å²) in [7, 11) is 0. The predicted octanol–water partition coefficient (Wildman–Crippen LogP) is 3.50. The number of rotatable bonds is 15. The molecule has 1 fully saturated rings. The first-order chi connectivity index (χ1) is 24.3. The Labute approximate surface area is 297 Å². The minimum Gasteiger partial charge on any atom is -0.480 e. The van der Waals surface area contributed by atoms with Crippen LogP contribution in [-0.4, -0.2) is 83.3 Å². The standard InChI is InChI=1S/C39H47N5O7/c1-22(2)35(37(48)41-21-32(47)43-36(23(3)4)38(49)44-19-7-11-29(44)39(50)51)42-31(46)20-40-30(45)12-6-8-24-13-14-27-16-15-25-9-5-10-26-17-18-28(24)34(27)33(25)26/h5,9-10,13-18,22-23,29,35-36H,6-8,11-12,19-21H2,1-4H3,(H,40,45)(H,41,48)(H,42,46)(H,43,47)(H,50,51)/t29-,35-,36-/m0/s1. The summed E-state index contributed by atoms with van der Waals surface area (Å²) in [6, 6.07) is 16.2. The van der Waals surface area contributed by atoms with Gasteiger partial charge in [-0.15, -0.1) is 0 Å². The molecule has 0 aliphatic carbocycles. The molecule has 12 heteroatoms. The molecule has 1 aliphatic heterocycles. The molecule has 270 valence electrons. The van der Waals surface area contributed by atoms with E-state index in [0.29, 0.717) is 32.2 Å². The maximum absolute atomic E-state index is 13.1. The highest BCUT2D eigenvalue weighted by molar-refractivity contribution is 6.23. The average molecular weight is 698 g/mol. The van der Waals surface area contributed by atoms with Gasteiger partial charge in [-0.25, -0.2) is 4.79 Å². The van der Waals surface area contributed by atoms with Crippen molar-refractivity contribution in [3.8, 4) is 0 Å². The van der Waals surface area contributed by atoms with Crippen molar-refractivity contribution in [3.63, 3.8) is 0 Å². The van der Waals surface area contributed by atoms with Gasteiger partial charge in [-0.05, 0) is 75.4 Å². The summed E-state index contributed by atoms with van der Waals surface area (Å²) in [6.45, 7) is 6.51. The number of hydrogen-bond acceptors (Lipinski definition) is 6. The molecular formula is C39H47N5O7. The molecule has 1 saturated heterocycles. The van der Waals surface area contributed by atoms with E-state index in [-0.39, 0.29) is 30.7 Å². The number of aryl methyl sites for hydroxylation is 1. The largest absolute Gasteiger partial charge is 0.480 e. The zero-order valence-corrected chi connectivity index (χ0v) is 29.6. The maximum Gasteiger partial charge on any atom is 0.326 e. The van der Waals surface area contributed by atoms with Gasteiger partial charge < -0.3 is 31.3 Å². The number of hydrogen-bond donors (Lipinski definition) is 5. The van der Waals surface area contributed by atoms with Crippen LogP contribution in [0.4, 0.5) is 0 Å². The number of carbonyl (C=O) groups excluding carboxylic acids is 5. The predicted molar refractivity (Wildman–Crippen MR) is 195 cm³/mol. The van der Waals surface area contributed by atoms with Crippen LogP contribution in [0.5, 0.6) is 0 Å². The van der Waals surface area contributed by atoms with Gasteiger partial charge in [-0.2, -0.15) is 0 Å². The topological polar surface area (TPSA) is 174 Å². The second kappa shape index (κ2) is 16.2. The summed E-state index contributed by atoms with van der Waals surface area (Å²) in [5, 5.41) is 27.1. The van der Waals surface area contributed by atoms with E-state index >= 15 is 0 Å². The third kappa shape index (κ3) is 8.56. The number of carbonyl (C=O) groups is 6. The van der Waals surface area contributed by atoms with Gasteiger partial charge in [-0.3, -0.25) is 24.0 Å². The van der Waals surface area contributed by atoms with Crippen LogP contribution in [0.3, 0.4) is 0 Å². The van der Waals surface area contributed by atoms with Crippen LogP contribution < -0.4 is 21.3 Å². The number of amides is 5. The van der Waals surface area contributed by atoms with Gasteiger partial charge in [0.1, 0.15) is 18.1 Å². The molecule has 12 nitrogen and oxygen atoms in total. The highest BCUT2D eigenvalue weighted by Crippen LogP contribution is 2.36. The van der Waals surface area contributed by atoms with Crippen molar-refractivity contribution in [2.75, 3.05) is 19.6 Å². The Bertz CT molecular complexity index is 1920. The molecule has 0 aromatic heterocycles. The van der Waals surface area contributed by atoms with E-state index in [1.807, 2.05) is 0 Å². The van der Waals surface area contributed by atoms with Gasteiger partial charge in [0.05, 0.1) is 13.1 Å². The summed E-state index contributed by atoms with van der Waals surface area (Å²) in [5.74, 6) is -4.24. The SMILES string of the molecule is CC(C)[C@H](NC(=O)CNC(=O)CCCc1ccc2ccc3cccc4ccc1c2c34)C(=O)NCC(=O)N[C@H](C(=O)N1CCC[C@H]1C(=O)O)C(C)C. The summed E-state index contributed by atoms with van der Waals surface area (Å²) in [5.41, 5.74) is 1.16. The molecule has 5 amide bonds. The first kappa shape index (κ1) is 37.0. The van der Waals surface area contributed by atoms with Crippen molar-refractivity contribution in [3.05, 3.63) is 60.2 Å². The van der Waals surface area contributed by atoms with Crippen LogP contribution >= 0.6 is 0 Å². The lowest BCUT2D eigenvalue weighted by Crippen LogP contribution is -2.56. The molecule has 5 N–H and O–H groups in total. The van der Waals surface area contributed by atoms with Crippen molar-refractivity contribution in [1.29, 1.82) is 0 Å². The monoisotopic (exact) mass is 697 g/mol. The third-order valence-corrected chi connectivity index (χ3v) is 9.67. The Morgan fingerprint density at radius 2 is 1.33 bits per heavy atom. The lowest BCUT2D eigenvalue weighted by molar-refractivity contribution is -0.150. The third-order valence-electron chi connectivity index (χ3n) is 9.67. The summed E-state index contributed by atoms with van der Waals surface area (Å²) >= 11 is 0. The van der Waals surface area contributed by atoms with Crippen LogP contribution in [0.1, 0.15) is 58.9 Å². The van der Waals surface area contributed by atoms with Crippen molar-refractivity contribution >= 4 is 67.8 Å². The summed E-state index contributed by atoms with van der Waals surface area (Å²) in [4.78, 5) is 77.1. The van der Waals surface area contributed by atoms with Crippen molar-refractivity contribution in [2.24, 2.45) is 11.8 Å². The van der Waals surface area contributed by atoms with E-state index < -0.39 is 54.3 Å². The van der Waals surface area contributed by atoms with Gasteiger partial charge in [0.25, 0.3) is 0 Å². The van der Waals surface area contributed by atoms with E-state index in [2.05, 4.69) is 75.9 Å². The number of aliphatic carboxylic acids is 1. The molecule has 5 rings (SSSR count). The zero-order valence-electron chi connectivity index (χ0n) is 29.6. The highest BCUT2D eigenvalue weighted by Gasteiger charge is 2.38. The van der Waals surface area contributed by atoms with Crippen molar-refractivity contribution < 1.29 is 33.9 Å². The zero-order chi connectivity index (χ0) is 36.8. The summed E-state index contributed by atoms with van der Waals surface area (Å²) < 4.78 is 0. The van der Waals surface area contributed by atoms with Crippen LogP contribution in [0.15, 0.2) is 54.6 Å². The minimum atomic E-state index is -1.08. The summed E-state index contributed by atoms with van der Waals surface area (Å²) in [6.07, 6.45) is 2.44. The smallest absolute Gasteiger partial charge is 0.326 e. The van der Waals surface area contributed by atoms with Gasteiger partial charge in [0, 0.05) is 13.0 Å².